The van der Waals surface area contributed by atoms with E-state index in [0.29, 0.717) is 23.8 Å². The highest BCUT2D eigenvalue weighted by molar-refractivity contribution is 5.78. The SMILES string of the molecule is C=C1C[C@H]2O[C@H]([C@H]3[C@@H]2C(C)=CC[C@@H]3C(C)C)[C@](C)(O)[C@@H](OC(=O)C(CC)OC(C)=O)C[C@H]1O. The molecule has 2 aliphatic heterocycles. The van der Waals surface area contributed by atoms with Gasteiger partial charge in [-0.2, -0.15) is 0 Å². The molecule has 2 saturated heterocycles. The Morgan fingerprint density at radius 1 is 1.36 bits per heavy atom. The predicted molar refractivity (Wildman–Crippen MR) is 123 cm³/mol. The van der Waals surface area contributed by atoms with Gasteiger partial charge in [0.25, 0.3) is 0 Å². The molecular formula is C26H40O7. The summed E-state index contributed by atoms with van der Waals surface area (Å²) in [5, 5.41) is 22.7. The average molecular weight is 465 g/mol. The van der Waals surface area contributed by atoms with Crippen LogP contribution < -0.4 is 0 Å². The van der Waals surface area contributed by atoms with E-state index in [1.54, 1.807) is 13.8 Å². The van der Waals surface area contributed by atoms with Crippen molar-refractivity contribution in [3.05, 3.63) is 23.8 Å². The van der Waals surface area contributed by atoms with E-state index in [4.69, 9.17) is 14.2 Å². The molecule has 0 saturated carbocycles. The van der Waals surface area contributed by atoms with Crippen LogP contribution in [0.2, 0.25) is 0 Å². The first-order valence-corrected chi connectivity index (χ1v) is 12.2. The second-order valence-corrected chi connectivity index (χ2v) is 10.6. The molecule has 2 bridgehead atoms. The summed E-state index contributed by atoms with van der Waals surface area (Å²) in [5.41, 5.74) is 0.278. The highest BCUT2D eigenvalue weighted by Gasteiger charge is 2.59. The number of rotatable bonds is 5. The number of hydrogen-bond donors (Lipinski definition) is 2. The molecule has 0 aromatic heterocycles. The zero-order valence-corrected chi connectivity index (χ0v) is 20.7. The van der Waals surface area contributed by atoms with Gasteiger partial charge in [0, 0.05) is 25.2 Å². The van der Waals surface area contributed by atoms with Gasteiger partial charge in [0.2, 0.25) is 0 Å². The molecule has 186 valence electrons. The van der Waals surface area contributed by atoms with Gasteiger partial charge in [-0.25, -0.2) is 4.79 Å². The minimum Gasteiger partial charge on any atom is -0.456 e. The molecule has 0 spiro atoms. The van der Waals surface area contributed by atoms with Gasteiger partial charge in [0.15, 0.2) is 6.10 Å². The first kappa shape index (κ1) is 25.9. The first-order valence-electron chi connectivity index (χ1n) is 12.2. The zero-order valence-electron chi connectivity index (χ0n) is 20.7. The molecule has 0 amide bonds. The van der Waals surface area contributed by atoms with Crippen LogP contribution in [0.5, 0.6) is 0 Å². The molecule has 3 aliphatic rings. The fourth-order valence-corrected chi connectivity index (χ4v) is 5.99. The van der Waals surface area contributed by atoms with Crippen LogP contribution in [0.1, 0.15) is 67.2 Å². The number of aliphatic hydroxyl groups is 2. The van der Waals surface area contributed by atoms with Crippen LogP contribution in [0.15, 0.2) is 23.8 Å². The molecule has 2 fully saturated rings. The third kappa shape index (κ3) is 5.05. The van der Waals surface area contributed by atoms with E-state index in [1.165, 1.54) is 12.5 Å². The van der Waals surface area contributed by atoms with Gasteiger partial charge in [-0.15, -0.1) is 0 Å². The molecule has 9 atom stereocenters. The molecule has 33 heavy (non-hydrogen) atoms. The lowest BCUT2D eigenvalue weighted by Crippen LogP contribution is -2.57. The molecule has 2 N–H and O–H groups in total. The number of hydrogen-bond acceptors (Lipinski definition) is 7. The summed E-state index contributed by atoms with van der Waals surface area (Å²) in [6.45, 7) is 15.1. The van der Waals surface area contributed by atoms with Crippen LogP contribution in [0, 0.1) is 23.7 Å². The molecule has 7 nitrogen and oxygen atoms in total. The zero-order chi connectivity index (χ0) is 24.7. The molecule has 7 heteroatoms. The van der Waals surface area contributed by atoms with Crippen molar-refractivity contribution in [1.29, 1.82) is 0 Å². The fraction of sp³-hybridized carbons (Fsp3) is 0.769. The number of fused-ring (bicyclic) bond motifs is 5. The third-order valence-electron chi connectivity index (χ3n) is 7.87. The Bertz CT molecular complexity index is 798. The van der Waals surface area contributed by atoms with Crippen LogP contribution >= 0.6 is 0 Å². The lowest BCUT2D eigenvalue weighted by molar-refractivity contribution is -0.201. The molecule has 0 aromatic carbocycles. The molecule has 1 aliphatic carbocycles. The lowest BCUT2D eigenvalue weighted by atomic mass is 9.62. The second-order valence-electron chi connectivity index (χ2n) is 10.6. The number of carbonyl (C=O) groups is 2. The van der Waals surface area contributed by atoms with Gasteiger partial charge in [-0.1, -0.05) is 39.0 Å². The third-order valence-corrected chi connectivity index (χ3v) is 7.87. The molecular weight excluding hydrogens is 424 g/mol. The van der Waals surface area contributed by atoms with Crippen LogP contribution in [0.3, 0.4) is 0 Å². The van der Waals surface area contributed by atoms with Gasteiger partial charge in [-0.05, 0) is 50.5 Å². The largest absolute Gasteiger partial charge is 0.456 e. The predicted octanol–water partition coefficient (Wildman–Crippen LogP) is 3.32. The van der Waals surface area contributed by atoms with Crippen molar-refractivity contribution in [2.24, 2.45) is 23.7 Å². The van der Waals surface area contributed by atoms with Crippen molar-refractivity contribution in [2.75, 3.05) is 0 Å². The summed E-state index contributed by atoms with van der Waals surface area (Å²) in [4.78, 5) is 24.3. The average Bonchev–Trinajstić information content (AvgIpc) is 3.12. The molecule has 0 aromatic rings. The fourth-order valence-electron chi connectivity index (χ4n) is 5.99. The Labute approximate surface area is 197 Å². The summed E-state index contributed by atoms with van der Waals surface area (Å²) in [6, 6.07) is 0. The van der Waals surface area contributed by atoms with E-state index in [9.17, 15) is 19.8 Å². The summed E-state index contributed by atoms with van der Waals surface area (Å²) in [5.74, 6) is -0.476. The first-order chi connectivity index (χ1) is 15.4. The number of ether oxygens (including phenoxy) is 3. The number of esters is 2. The van der Waals surface area contributed by atoms with Crippen LogP contribution in [-0.2, 0) is 23.8 Å². The molecule has 1 unspecified atom stereocenters. The van der Waals surface area contributed by atoms with E-state index in [0.717, 1.165) is 6.42 Å². The van der Waals surface area contributed by atoms with Gasteiger partial charge in [-0.3, -0.25) is 4.79 Å². The Morgan fingerprint density at radius 2 is 2.03 bits per heavy atom. The minimum atomic E-state index is -1.56. The van der Waals surface area contributed by atoms with Crippen molar-refractivity contribution in [3.8, 4) is 0 Å². The second kappa shape index (κ2) is 9.88. The standard InChI is InChI=1S/C26H40O7/c1-8-19(31-16(6)27)25(29)33-21-12-18(28)15(5)11-20-22-14(4)9-10-17(13(2)3)23(22)24(32-20)26(21,7)30/h9,13,17-24,28,30H,5,8,10-12H2,1-4,6-7H3/t17-,18-,19?,20-,21+,22-,23-,24-,26-/m1/s1. The van der Waals surface area contributed by atoms with Gasteiger partial charge in [0.05, 0.1) is 18.3 Å². The normalized spacial score (nSPS) is 39.6. The minimum absolute atomic E-state index is 0.000781. The number of aliphatic hydroxyl groups excluding tert-OH is 1. The van der Waals surface area contributed by atoms with Gasteiger partial charge in [0.1, 0.15) is 11.7 Å². The van der Waals surface area contributed by atoms with E-state index >= 15 is 0 Å². The topological polar surface area (TPSA) is 102 Å². The van der Waals surface area contributed by atoms with Crippen LogP contribution in [0.4, 0.5) is 0 Å². The maximum Gasteiger partial charge on any atom is 0.347 e. The van der Waals surface area contributed by atoms with E-state index in [-0.39, 0.29) is 30.8 Å². The Morgan fingerprint density at radius 3 is 2.61 bits per heavy atom. The highest BCUT2D eigenvalue weighted by Crippen LogP contribution is 2.53. The summed E-state index contributed by atoms with van der Waals surface area (Å²) in [7, 11) is 0. The number of carbonyl (C=O) groups excluding carboxylic acids is 2. The lowest BCUT2D eigenvalue weighted by Gasteiger charge is -2.45. The van der Waals surface area contributed by atoms with Crippen molar-refractivity contribution < 1.29 is 34.0 Å². The van der Waals surface area contributed by atoms with Crippen molar-refractivity contribution >= 4 is 11.9 Å². The summed E-state index contributed by atoms with van der Waals surface area (Å²) < 4.78 is 17.4. The smallest absolute Gasteiger partial charge is 0.347 e. The molecule has 0 radical (unpaired) electrons. The Kier molecular flexibility index (Phi) is 7.76. The summed E-state index contributed by atoms with van der Waals surface area (Å²) in [6.07, 6.45) is 0.0438. The van der Waals surface area contributed by atoms with E-state index < -0.39 is 42.0 Å². The maximum atomic E-state index is 12.9. The van der Waals surface area contributed by atoms with Crippen LogP contribution in [0.25, 0.3) is 0 Å². The molecule has 3 rings (SSSR count). The van der Waals surface area contributed by atoms with Crippen molar-refractivity contribution in [1.82, 2.24) is 0 Å². The monoisotopic (exact) mass is 464 g/mol. The van der Waals surface area contributed by atoms with Gasteiger partial charge < -0.3 is 24.4 Å². The number of allylic oxidation sites excluding steroid dienone is 1. The maximum absolute atomic E-state index is 12.9. The van der Waals surface area contributed by atoms with E-state index in [1.807, 2.05) is 0 Å². The molecule has 2 heterocycles. The Balaban J connectivity index is 1.99. The highest BCUT2D eigenvalue weighted by atomic mass is 16.6. The van der Waals surface area contributed by atoms with E-state index in [2.05, 4.69) is 33.4 Å². The Hall–Kier alpha value is -1.70. The van der Waals surface area contributed by atoms with Gasteiger partial charge >= 0.3 is 11.9 Å². The van der Waals surface area contributed by atoms with Crippen molar-refractivity contribution in [2.45, 2.75) is 103 Å². The van der Waals surface area contributed by atoms with Crippen molar-refractivity contribution in [3.63, 3.8) is 0 Å². The van der Waals surface area contributed by atoms with Crippen LogP contribution in [-0.4, -0.2) is 58.3 Å². The summed E-state index contributed by atoms with van der Waals surface area (Å²) >= 11 is 0. The quantitative estimate of drug-likeness (QED) is 0.475.